The van der Waals surface area contributed by atoms with Crippen LogP contribution >= 0.6 is 0 Å². The number of nitrogens with zero attached hydrogens (tertiary/aromatic N) is 1. The fourth-order valence-electron chi connectivity index (χ4n) is 2.44. The summed E-state index contributed by atoms with van der Waals surface area (Å²) >= 11 is 0. The lowest BCUT2D eigenvalue weighted by molar-refractivity contribution is 0.0832. The highest BCUT2D eigenvalue weighted by atomic mass is 16.5. The molecule has 20 heavy (non-hydrogen) atoms. The van der Waals surface area contributed by atoms with E-state index >= 15 is 0 Å². The molecule has 0 aliphatic rings. The van der Waals surface area contributed by atoms with Crippen LogP contribution in [0.2, 0.25) is 0 Å². The van der Waals surface area contributed by atoms with Gasteiger partial charge >= 0.3 is 5.69 Å². The molecule has 0 saturated carbocycles. The quantitative estimate of drug-likeness (QED) is 0.880. The first-order valence-corrected chi connectivity index (χ1v) is 7.06. The predicted molar refractivity (Wildman–Crippen MR) is 80.0 cm³/mol. The van der Waals surface area contributed by atoms with E-state index in [9.17, 15) is 4.79 Å². The van der Waals surface area contributed by atoms with Crippen molar-refractivity contribution in [2.75, 3.05) is 6.61 Å². The molecule has 0 atom stereocenters. The zero-order valence-corrected chi connectivity index (χ0v) is 12.3. The fraction of sp³-hybridized carbons (Fsp3) is 0.438. The highest BCUT2D eigenvalue weighted by Gasteiger charge is 2.17. The maximum Gasteiger partial charge on any atom is 0.327 e. The normalized spacial score (nSPS) is 11.2. The number of aromatic nitrogens is 2. The minimum Gasteiger partial charge on any atom is -0.361 e. The van der Waals surface area contributed by atoms with Crippen LogP contribution in [0.1, 0.15) is 43.6 Å². The van der Waals surface area contributed by atoms with Crippen LogP contribution in [-0.2, 0) is 17.9 Å². The maximum absolute atomic E-state index is 12.1. The van der Waals surface area contributed by atoms with Gasteiger partial charge in [0.2, 0.25) is 0 Å². The first kappa shape index (κ1) is 14.6. The van der Waals surface area contributed by atoms with Crippen molar-refractivity contribution in [3.63, 3.8) is 0 Å². The van der Waals surface area contributed by atoms with Crippen LogP contribution < -0.4 is 5.69 Å². The summed E-state index contributed by atoms with van der Waals surface area (Å²) < 4.78 is 7.10. The summed E-state index contributed by atoms with van der Waals surface area (Å²) in [6.45, 7) is 7.04. The van der Waals surface area contributed by atoms with Crippen molar-refractivity contribution in [1.82, 2.24) is 9.55 Å². The van der Waals surface area contributed by atoms with E-state index in [1.807, 2.05) is 25.1 Å². The van der Waals surface area contributed by atoms with E-state index in [1.165, 1.54) is 5.56 Å². The molecule has 2 aromatic rings. The van der Waals surface area contributed by atoms with Gasteiger partial charge < -0.3 is 9.72 Å². The molecular weight excluding hydrogens is 252 g/mol. The van der Waals surface area contributed by atoms with Gasteiger partial charge in [0.15, 0.2) is 0 Å². The van der Waals surface area contributed by atoms with Gasteiger partial charge in [-0.2, -0.15) is 0 Å². The van der Waals surface area contributed by atoms with Gasteiger partial charge in [-0.25, -0.2) is 4.79 Å². The van der Waals surface area contributed by atoms with Crippen molar-refractivity contribution in [3.8, 4) is 0 Å². The van der Waals surface area contributed by atoms with Crippen LogP contribution in [0.4, 0.5) is 0 Å². The number of hydrogen-bond acceptors (Lipinski definition) is 2. The Morgan fingerprint density at radius 2 is 1.95 bits per heavy atom. The van der Waals surface area contributed by atoms with E-state index in [1.54, 1.807) is 4.57 Å². The number of imidazole rings is 1. The molecule has 4 nitrogen and oxygen atoms in total. The van der Waals surface area contributed by atoms with Crippen LogP contribution in [0.25, 0.3) is 0 Å². The largest absolute Gasteiger partial charge is 0.361 e. The standard InChI is InChI=1S/C16H22N2O2/c1-4-20-11-18-15(12(2)3)14(17-16(18)19)10-13-8-6-5-7-9-13/h5-9,12H,4,10-11H2,1-3H3,(H,17,19). The molecule has 0 radical (unpaired) electrons. The lowest BCUT2D eigenvalue weighted by Crippen LogP contribution is -2.21. The van der Waals surface area contributed by atoms with E-state index in [-0.39, 0.29) is 11.6 Å². The van der Waals surface area contributed by atoms with Crippen molar-refractivity contribution >= 4 is 0 Å². The second kappa shape index (κ2) is 6.57. The maximum atomic E-state index is 12.1. The van der Waals surface area contributed by atoms with E-state index < -0.39 is 0 Å². The van der Waals surface area contributed by atoms with E-state index in [2.05, 4.69) is 31.0 Å². The SMILES string of the molecule is CCOCn1c(C(C)C)c(Cc2ccccc2)[nH]c1=O. The Morgan fingerprint density at radius 3 is 2.55 bits per heavy atom. The highest BCUT2D eigenvalue weighted by molar-refractivity contribution is 5.26. The number of ether oxygens (including phenoxy) is 1. The summed E-state index contributed by atoms with van der Waals surface area (Å²) in [4.78, 5) is 15.1. The molecule has 0 amide bonds. The summed E-state index contributed by atoms with van der Waals surface area (Å²) in [6, 6.07) is 10.2. The lowest BCUT2D eigenvalue weighted by Gasteiger charge is -2.12. The number of benzene rings is 1. The Hall–Kier alpha value is -1.81. The van der Waals surface area contributed by atoms with Crippen LogP contribution in [0.15, 0.2) is 35.1 Å². The van der Waals surface area contributed by atoms with Crippen LogP contribution in [0.3, 0.4) is 0 Å². The molecule has 1 heterocycles. The number of aromatic amines is 1. The smallest absolute Gasteiger partial charge is 0.327 e. The van der Waals surface area contributed by atoms with E-state index in [0.29, 0.717) is 13.3 Å². The van der Waals surface area contributed by atoms with Crippen molar-refractivity contribution in [2.24, 2.45) is 0 Å². The summed E-state index contributed by atoms with van der Waals surface area (Å²) in [7, 11) is 0. The van der Waals surface area contributed by atoms with E-state index in [4.69, 9.17) is 4.74 Å². The van der Waals surface area contributed by atoms with Crippen LogP contribution in [0, 0.1) is 0 Å². The average Bonchev–Trinajstić information content (AvgIpc) is 2.73. The van der Waals surface area contributed by atoms with Gasteiger partial charge in [0.05, 0.1) is 0 Å². The van der Waals surface area contributed by atoms with Gasteiger partial charge in [0, 0.05) is 24.4 Å². The van der Waals surface area contributed by atoms with Crippen LogP contribution in [-0.4, -0.2) is 16.2 Å². The van der Waals surface area contributed by atoms with Gasteiger partial charge in [0.1, 0.15) is 6.73 Å². The average molecular weight is 274 g/mol. The van der Waals surface area contributed by atoms with Crippen molar-refractivity contribution in [2.45, 2.75) is 39.8 Å². The predicted octanol–water partition coefficient (Wildman–Crippen LogP) is 2.88. The molecule has 1 N–H and O–H groups in total. The number of nitrogens with one attached hydrogen (secondary N) is 1. The van der Waals surface area contributed by atoms with Gasteiger partial charge in [-0.3, -0.25) is 4.57 Å². The molecular formula is C16H22N2O2. The molecule has 0 saturated heterocycles. The van der Waals surface area contributed by atoms with Crippen molar-refractivity contribution in [1.29, 1.82) is 0 Å². The third-order valence-electron chi connectivity index (χ3n) is 3.30. The summed E-state index contributed by atoms with van der Waals surface area (Å²) in [6.07, 6.45) is 0.739. The van der Waals surface area contributed by atoms with Gasteiger partial charge in [-0.1, -0.05) is 44.2 Å². The summed E-state index contributed by atoms with van der Waals surface area (Å²) in [5.41, 5.74) is 3.12. The second-order valence-corrected chi connectivity index (χ2v) is 5.16. The molecule has 1 aromatic carbocycles. The highest BCUT2D eigenvalue weighted by Crippen LogP contribution is 2.19. The first-order chi connectivity index (χ1) is 9.63. The molecule has 0 unspecified atom stereocenters. The molecule has 0 aliphatic carbocycles. The molecule has 0 spiro atoms. The zero-order chi connectivity index (χ0) is 14.5. The third kappa shape index (κ3) is 3.20. The molecule has 4 heteroatoms. The minimum atomic E-state index is -0.0897. The van der Waals surface area contributed by atoms with Gasteiger partial charge in [-0.15, -0.1) is 0 Å². The lowest BCUT2D eigenvalue weighted by atomic mass is 10.0. The third-order valence-corrected chi connectivity index (χ3v) is 3.30. The Balaban J connectivity index is 2.35. The molecule has 108 valence electrons. The minimum absolute atomic E-state index is 0.0897. The van der Waals surface area contributed by atoms with E-state index in [0.717, 1.165) is 17.8 Å². The first-order valence-electron chi connectivity index (χ1n) is 7.06. The Bertz CT molecular complexity index is 597. The van der Waals surface area contributed by atoms with Crippen molar-refractivity contribution in [3.05, 3.63) is 57.8 Å². The fourth-order valence-corrected chi connectivity index (χ4v) is 2.44. The molecule has 0 aliphatic heterocycles. The Morgan fingerprint density at radius 1 is 1.25 bits per heavy atom. The molecule has 2 rings (SSSR count). The molecule has 0 bridgehead atoms. The zero-order valence-electron chi connectivity index (χ0n) is 12.3. The van der Waals surface area contributed by atoms with Gasteiger partial charge in [-0.05, 0) is 18.4 Å². The Labute approximate surface area is 119 Å². The Kier molecular flexibility index (Phi) is 4.79. The monoisotopic (exact) mass is 274 g/mol. The van der Waals surface area contributed by atoms with Gasteiger partial charge in [0.25, 0.3) is 0 Å². The molecule has 0 fully saturated rings. The number of hydrogen-bond donors (Lipinski definition) is 1. The topological polar surface area (TPSA) is 47.0 Å². The summed E-state index contributed by atoms with van der Waals surface area (Å²) in [5, 5.41) is 0. The molecule has 1 aromatic heterocycles. The number of rotatable bonds is 6. The van der Waals surface area contributed by atoms with Crippen molar-refractivity contribution < 1.29 is 4.74 Å². The summed E-state index contributed by atoms with van der Waals surface area (Å²) in [5.74, 6) is 0.271. The number of H-pyrrole nitrogens is 1. The van der Waals surface area contributed by atoms with Crippen LogP contribution in [0.5, 0.6) is 0 Å². The second-order valence-electron chi connectivity index (χ2n) is 5.16.